The summed E-state index contributed by atoms with van der Waals surface area (Å²) < 4.78 is 22.0. The highest BCUT2D eigenvalue weighted by Gasteiger charge is 2.14. The number of hydrogen-bond acceptors (Lipinski definition) is 5. The van der Waals surface area contributed by atoms with Crippen LogP contribution in [-0.4, -0.2) is 31.5 Å². The third-order valence-corrected chi connectivity index (χ3v) is 4.16. The van der Waals surface area contributed by atoms with Crippen LogP contribution in [0.5, 0.6) is 0 Å². The van der Waals surface area contributed by atoms with E-state index in [0.29, 0.717) is 6.42 Å². The second-order valence-corrected chi connectivity index (χ2v) is 7.28. The Hall–Kier alpha value is -0.460. The van der Waals surface area contributed by atoms with Crippen molar-refractivity contribution < 1.29 is 8.42 Å². The molecule has 0 spiro atoms. The van der Waals surface area contributed by atoms with Crippen LogP contribution in [0.1, 0.15) is 15.6 Å². The summed E-state index contributed by atoms with van der Waals surface area (Å²) in [7, 11) is -2.99. The number of hydrogen-bond donors (Lipinski definition) is 1. The van der Waals surface area contributed by atoms with Gasteiger partial charge < -0.3 is 5.73 Å². The summed E-state index contributed by atoms with van der Waals surface area (Å²) in [5.74, 6) is 0.0185. The third kappa shape index (κ3) is 4.27. The molecule has 2 N–H and O–H groups in total. The normalized spacial score (nSPS) is 14.1. The first-order valence-electron chi connectivity index (χ1n) is 4.64. The van der Waals surface area contributed by atoms with Crippen molar-refractivity contribution in [1.82, 2.24) is 4.98 Å². The van der Waals surface area contributed by atoms with Gasteiger partial charge in [-0.2, -0.15) is 0 Å². The molecule has 0 saturated carbocycles. The standard InChI is InChI=1S/C9H16N2O2S2/c1-6-7(2)14-9(11-6)4-8(10)5-15(3,12)13/h8H,4-5,10H2,1-3H3. The highest BCUT2D eigenvalue weighted by molar-refractivity contribution is 7.90. The molecule has 0 aliphatic rings. The van der Waals surface area contributed by atoms with Gasteiger partial charge in [-0.05, 0) is 13.8 Å². The summed E-state index contributed by atoms with van der Waals surface area (Å²) in [6.07, 6.45) is 1.73. The Labute approximate surface area is 94.4 Å². The van der Waals surface area contributed by atoms with E-state index in [1.165, 1.54) is 6.26 Å². The van der Waals surface area contributed by atoms with Gasteiger partial charge in [-0.3, -0.25) is 0 Å². The number of nitrogens with zero attached hydrogens (tertiary/aromatic N) is 1. The molecule has 1 rings (SSSR count). The van der Waals surface area contributed by atoms with Gasteiger partial charge in [-0.1, -0.05) is 0 Å². The van der Waals surface area contributed by atoms with Crippen molar-refractivity contribution >= 4 is 21.2 Å². The second-order valence-electron chi connectivity index (χ2n) is 3.81. The van der Waals surface area contributed by atoms with Gasteiger partial charge in [0.1, 0.15) is 9.84 Å². The molecule has 0 aliphatic heterocycles. The van der Waals surface area contributed by atoms with Crippen molar-refractivity contribution in [1.29, 1.82) is 0 Å². The topological polar surface area (TPSA) is 73.0 Å². The number of thiazole rings is 1. The van der Waals surface area contributed by atoms with Crippen molar-refractivity contribution in [3.8, 4) is 0 Å². The Balaban J connectivity index is 2.63. The van der Waals surface area contributed by atoms with Crippen LogP contribution in [0.25, 0.3) is 0 Å². The molecule has 0 aromatic carbocycles. The van der Waals surface area contributed by atoms with Crippen LogP contribution >= 0.6 is 11.3 Å². The molecule has 0 fully saturated rings. The third-order valence-electron chi connectivity index (χ3n) is 2.03. The van der Waals surface area contributed by atoms with Gasteiger partial charge in [-0.15, -0.1) is 11.3 Å². The monoisotopic (exact) mass is 248 g/mol. The number of rotatable bonds is 4. The smallest absolute Gasteiger partial charge is 0.148 e. The fraction of sp³-hybridized carbons (Fsp3) is 0.667. The zero-order valence-electron chi connectivity index (χ0n) is 9.15. The van der Waals surface area contributed by atoms with E-state index in [0.717, 1.165) is 15.6 Å². The molecule has 1 heterocycles. The molecule has 0 radical (unpaired) electrons. The average Bonchev–Trinajstić information content (AvgIpc) is 2.26. The van der Waals surface area contributed by atoms with Gasteiger partial charge in [0.25, 0.3) is 0 Å². The lowest BCUT2D eigenvalue weighted by Crippen LogP contribution is -2.31. The Kier molecular flexibility index (Phi) is 3.86. The van der Waals surface area contributed by atoms with Gasteiger partial charge in [0.15, 0.2) is 0 Å². The number of aromatic nitrogens is 1. The van der Waals surface area contributed by atoms with E-state index in [-0.39, 0.29) is 11.8 Å². The summed E-state index contributed by atoms with van der Waals surface area (Å²) in [6.45, 7) is 3.94. The second kappa shape index (κ2) is 4.59. The molecule has 0 amide bonds. The number of nitrogens with two attached hydrogens (primary N) is 1. The lowest BCUT2D eigenvalue weighted by molar-refractivity contribution is 0.591. The molecule has 86 valence electrons. The minimum Gasteiger partial charge on any atom is -0.326 e. The van der Waals surface area contributed by atoms with Crippen LogP contribution in [-0.2, 0) is 16.3 Å². The molecule has 1 atom stereocenters. The van der Waals surface area contributed by atoms with Crippen LogP contribution in [0.4, 0.5) is 0 Å². The van der Waals surface area contributed by atoms with Gasteiger partial charge in [-0.25, -0.2) is 13.4 Å². The first kappa shape index (κ1) is 12.6. The molecular formula is C9H16N2O2S2. The summed E-state index contributed by atoms with van der Waals surface area (Å²) in [6, 6.07) is -0.357. The quantitative estimate of drug-likeness (QED) is 0.850. The summed E-state index contributed by atoms with van der Waals surface area (Å²) in [5, 5.41) is 0.918. The molecule has 0 saturated heterocycles. The average molecular weight is 248 g/mol. The summed E-state index contributed by atoms with van der Waals surface area (Å²) >= 11 is 1.58. The van der Waals surface area contributed by atoms with Crippen molar-refractivity contribution in [3.63, 3.8) is 0 Å². The van der Waals surface area contributed by atoms with E-state index in [1.807, 2.05) is 13.8 Å². The van der Waals surface area contributed by atoms with Crippen molar-refractivity contribution in [2.45, 2.75) is 26.3 Å². The van der Waals surface area contributed by atoms with Crippen molar-refractivity contribution in [2.24, 2.45) is 5.73 Å². The lowest BCUT2D eigenvalue weighted by Gasteiger charge is -2.07. The first-order valence-corrected chi connectivity index (χ1v) is 7.52. The maximum absolute atomic E-state index is 11.0. The summed E-state index contributed by atoms with van der Waals surface area (Å²) in [4.78, 5) is 5.49. The lowest BCUT2D eigenvalue weighted by atomic mass is 10.2. The van der Waals surface area contributed by atoms with Crippen molar-refractivity contribution in [3.05, 3.63) is 15.6 Å². The molecule has 4 nitrogen and oxygen atoms in total. The Bertz CT molecular complexity index is 417. The number of aryl methyl sites for hydroxylation is 2. The van der Waals surface area contributed by atoms with Gasteiger partial charge >= 0.3 is 0 Å². The zero-order valence-corrected chi connectivity index (χ0v) is 10.8. The van der Waals surface area contributed by atoms with E-state index in [4.69, 9.17) is 5.73 Å². The van der Waals surface area contributed by atoms with Crippen LogP contribution < -0.4 is 5.73 Å². The molecule has 0 bridgehead atoms. The molecular weight excluding hydrogens is 232 g/mol. The molecule has 6 heteroatoms. The maximum atomic E-state index is 11.0. The Morgan fingerprint density at radius 1 is 1.47 bits per heavy atom. The van der Waals surface area contributed by atoms with E-state index < -0.39 is 9.84 Å². The van der Waals surface area contributed by atoms with E-state index in [9.17, 15) is 8.42 Å². The highest BCUT2D eigenvalue weighted by Crippen LogP contribution is 2.17. The predicted molar refractivity (Wildman–Crippen MR) is 63.0 cm³/mol. The van der Waals surface area contributed by atoms with E-state index >= 15 is 0 Å². The fourth-order valence-corrected chi connectivity index (χ4v) is 3.22. The maximum Gasteiger partial charge on any atom is 0.148 e. The SMILES string of the molecule is Cc1nc(CC(N)CS(C)(=O)=O)sc1C. The largest absolute Gasteiger partial charge is 0.326 e. The first-order chi connectivity index (χ1) is 6.78. The number of sulfone groups is 1. The Morgan fingerprint density at radius 2 is 2.07 bits per heavy atom. The van der Waals surface area contributed by atoms with Crippen molar-refractivity contribution in [2.75, 3.05) is 12.0 Å². The van der Waals surface area contributed by atoms with E-state index in [1.54, 1.807) is 11.3 Å². The Morgan fingerprint density at radius 3 is 2.47 bits per heavy atom. The van der Waals surface area contributed by atoms with Gasteiger partial charge in [0.05, 0.1) is 16.5 Å². The molecule has 1 unspecified atom stereocenters. The van der Waals surface area contributed by atoms with E-state index in [2.05, 4.69) is 4.98 Å². The van der Waals surface area contributed by atoms with Crippen LogP contribution in [0, 0.1) is 13.8 Å². The summed E-state index contributed by atoms with van der Waals surface area (Å²) in [5.41, 5.74) is 6.74. The minimum atomic E-state index is -2.99. The fourth-order valence-electron chi connectivity index (χ4n) is 1.30. The van der Waals surface area contributed by atoms with Gasteiger partial charge in [0.2, 0.25) is 0 Å². The van der Waals surface area contributed by atoms with Crippen LogP contribution in [0.15, 0.2) is 0 Å². The molecule has 1 aromatic rings. The van der Waals surface area contributed by atoms with Gasteiger partial charge in [0, 0.05) is 23.6 Å². The molecule has 15 heavy (non-hydrogen) atoms. The van der Waals surface area contributed by atoms with Crippen LogP contribution in [0.3, 0.4) is 0 Å². The van der Waals surface area contributed by atoms with Crippen LogP contribution in [0.2, 0.25) is 0 Å². The predicted octanol–water partition coefficient (Wildman–Crippen LogP) is 0.674. The molecule has 1 aromatic heterocycles. The highest BCUT2D eigenvalue weighted by atomic mass is 32.2. The zero-order chi connectivity index (χ0) is 11.6. The minimum absolute atomic E-state index is 0.0185. The molecule has 0 aliphatic carbocycles.